The second-order valence-electron chi connectivity index (χ2n) is 7.64. The standard InChI is InChI=1S/C24H26FNO4.Na.H2O/c1-15(2)26-21-6-4-3-5-20(21)24(16-7-9-17(25)10-8-16)22(26)12-11-18(27)13-19(28)14-23(29)30;;/h3-12,15,18-19,27-28H,13-14H2,1-2H3,(H,29,30);;1H2/q;+1;/p-1/b12-11+;;/t18-,19-;;/m0../s1. The van der Waals surface area contributed by atoms with Gasteiger partial charge < -0.3 is 30.2 Å². The number of hydrogen-bond acceptors (Lipinski definition) is 4. The summed E-state index contributed by atoms with van der Waals surface area (Å²) < 4.78 is 15.6. The third kappa shape index (κ3) is 6.51. The number of nitrogens with zero attached hydrogens (tertiary/aromatic N) is 1. The van der Waals surface area contributed by atoms with Crippen molar-refractivity contribution in [1.29, 1.82) is 0 Å². The van der Waals surface area contributed by atoms with Crippen LogP contribution >= 0.6 is 0 Å². The van der Waals surface area contributed by atoms with Crippen LogP contribution in [-0.4, -0.2) is 38.4 Å². The van der Waals surface area contributed by atoms with Gasteiger partial charge in [0.2, 0.25) is 0 Å². The number of halogens is 1. The fraction of sp³-hybridized carbons (Fsp3) is 0.292. The van der Waals surface area contributed by atoms with Gasteiger partial charge in [-0.1, -0.05) is 36.4 Å². The van der Waals surface area contributed by atoms with Gasteiger partial charge in [0.1, 0.15) is 5.82 Å². The molecule has 3 rings (SSSR count). The van der Waals surface area contributed by atoms with Crippen molar-refractivity contribution in [3.63, 3.8) is 0 Å². The summed E-state index contributed by atoms with van der Waals surface area (Å²) in [6.07, 6.45) is 0.450. The van der Waals surface area contributed by atoms with Gasteiger partial charge in [0.15, 0.2) is 0 Å². The van der Waals surface area contributed by atoms with Crippen molar-refractivity contribution in [1.82, 2.24) is 4.57 Å². The van der Waals surface area contributed by atoms with E-state index in [4.69, 9.17) is 0 Å². The molecule has 0 fully saturated rings. The molecule has 0 amide bonds. The predicted octanol–water partition coefficient (Wildman–Crippen LogP) is -0.527. The average molecular weight is 451 g/mol. The van der Waals surface area contributed by atoms with Crippen LogP contribution in [0.1, 0.15) is 38.4 Å². The van der Waals surface area contributed by atoms with Gasteiger partial charge >= 0.3 is 29.6 Å². The number of aromatic nitrogens is 1. The molecule has 0 saturated carbocycles. The first kappa shape index (κ1) is 28.0. The van der Waals surface area contributed by atoms with Crippen molar-refractivity contribution in [3.05, 3.63) is 66.1 Å². The Labute approximate surface area is 208 Å². The minimum Gasteiger partial charge on any atom is -0.550 e. The van der Waals surface area contributed by atoms with Crippen LogP contribution in [0.5, 0.6) is 0 Å². The molecule has 0 unspecified atom stereocenters. The Balaban J connectivity index is 0.00000256. The third-order valence-corrected chi connectivity index (χ3v) is 4.99. The van der Waals surface area contributed by atoms with Crippen molar-refractivity contribution in [2.24, 2.45) is 0 Å². The summed E-state index contributed by atoms with van der Waals surface area (Å²) >= 11 is 0. The molecule has 0 aliphatic rings. The van der Waals surface area contributed by atoms with Crippen LogP contribution in [0.4, 0.5) is 4.39 Å². The first-order valence-corrected chi connectivity index (χ1v) is 9.91. The number of carboxylic acids is 1. The Hall–Kier alpha value is -2.00. The first-order valence-electron chi connectivity index (χ1n) is 9.91. The molecule has 2 atom stereocenters. The van der Waals surface area contributed by atoms with Crippen LogP contribution in [0.15, 0.2) is 54.6 Å². The summed E-state index contributed by atoms with van der Waals surface area (Å²) in [6, 6.07) is 14.3. The maximum absolute atomic E-state index is 13.5. The maximum atomic E-state index is 13.5. The molecule has 2 aromatic carbocycles. The van der Waals surface area contributed by atoms with E-state index in [0.717, 1.165) is 27.7 Å². The van der Waals surface area contributed by atoms with E-state index in [9.17, 15) is 24.5 Å². The number of para-hydroxylation sites is 1. The van der Waals surface area contributed by atoms with Crippen LogP contribution in [0.3, 0.4) is 0 Å². The Kier molecular flexibility index (Phi) is 10.8. The average Bonchev–Trinajstić information content (AvgIpc) is 3.00. The van der Waals surface area contributed by atoms with E-state index in [1.165, 1.54) is 12.1 Å². The summed E-state index contributed by atoms with van der Waals surface area (Å²) in [7, 11) is 0. The number of carbonyl (C=O) groups excluding carboxylic acids is 1. The van der Waals surface area contributed by atoms with Crippen LogP contribution in [0.2, 0.25) is 0 Å². The normalized spacial score (nSPS) is 13.1. The van der Waals surface area contributed by atoms with Crippen molar-refractivity contribution >= 4 is 22.9 Å². The zero-order chi connectivity index (χ0) is 21.8. The van der Waals surface area contributed by atoms with Gasteiger partial charge in [-0.3, -0.25) is 0 Å². The van der Waals surface area contributed by atoms with Crippen LogP contribution in [0, 0.1) is 5.82 Å². The zero-order valence-electron chi connectivity index (χ0n) is 18.5. The number of aliphatic hydroxyl groups is 2. The Bertz CT molecular complexity index is 1060. The summed E-state index contributed by atoms with van der Waals surface area (Å²) in [5, 5.41) is 31.6. The molecule has 1 aromatic heterocycles. The Morgan fingerprint density at radius 2 is 1.75 bits per heavy atom. The SMILES string of the molecule is CC(C)n1c(/C=C/[C@H](O)C[C@H](O)CC(=O)[O-])c(-c2ccc(F)cc2)c2ccccc21.O.[Na+]. The van der Waals surface area contributed by atoms with E-state index in [1.54, 1.807) is 24.3 Å². The van der Waals surface area contributed by atoms with Crippen molar-refractivity contribution in [2.75, 3.05) is 0 Å². The number of carboxylic acid groups (broad SMARTS) is 1. The second kappa shape index (κ2) is 12.3. The molecule has 1 heterocycles. The fourth-order valence-electron chi connectivity index (χ4n) is 3.76. The van der Waals surface area contributed by atoms with Gasteiger partial charge in [0.05, 0.1) is 12.2 Å². The molecule has 3 aromatic rings. The number of aliphatic hydroxyl groups excluding tert-OH is 2. The molecule has 6 nitrogen and oxygen atoms in total. The van der Waals surface area contributed by atoms with Crippen LogP contribution in [0.25, 0.3) is 28.1 Å². The minimum atomic E-state index is -1.36. The number of carbonyl (C=O) groups is 1. The van der Waals surface area contributed by atoms with Gasteiger partial charge in [-0.05, 0) is 43.7 Å². The van der Waals surface area contributed by atoms with Crippen molar-refractivity contribution < 1.29 is 59.5 Å². The maximum Gasteiger partial charge on any atom is 1.00 e. The molecule has 166 valence electrons. The molecule has 8 heteroatoms. The van der Waals surface area contributed by atoms with E-state index in [2.05, 4.69) is 18.4 Å². The molecule has 0 radical (unpaired) electrons. The van der Waals surface area contributed by atoms with Gasteiger partial charge in [-0.25, -0.2) is 4.39 Å². The van der Waals surface area contributed by atoms with Gasteiger partial charge in [0.25, 0.3) is 0 Å². The van der Waals surface area contributed by atoms with Crippen molar-refractivity contribution in [3.8, 4) is 11.1 Å². The number of fused-ring (bicyclic) bond motifs is 1. The smallest absolute Gasteiger partial charge is 0.550 e. The summed E-state index contributed by atoms with van der Waals surface area (Å²) in [5.41, 5.74) is 3.61. The monoisotopic (exact) mass is 451 g/mol. The van der Waals surface area contributed by atoms with Crippen LogP contribution < -0.4 is 34.7 Å². The van der Waals surface area contributed by atoms with E-state index in [-0.39, 0.29) is 53.3 Å². The zero-order valence-corrected chi connectivity index (χ0v) is 20.5. The van der Waals surface area contributed by atoms with E-state index in [1.807, 2.05) is 24.3 Å². The minimum absolute atomic E-state index is 0. The van der Waals surface area contributed by atoms with Gasteiger partial charge in [0, 0.05) is 47.0 Å². The topological polar surface area (TPSA) is 117 Å². The van der Waals surface area contributed by atoms with Crippen LogP contribution in [-0.2, 0) is 4.79 Å². The largest absolute Gasteiger partial charge is 1.00 e. The first-order chi connectivity index (χ1) is 14.3. The molecular formula is C24H27FNNaO5. The second-order valence-corrected chi connectivity index (χ2v) is 7.64. The summed E-state index contributed by atoms with van der Waals surface area (Å²) in [6.45, 7) is 4.11. The Morgan fingerprint density at radius 3 is 2.34 bits per heavy atom. The fourth-order valence-corrected chi connectivity index (χ4v) is 3.76. The van der Waals surface area contributed by atoms with E-state index in [0.29, 0.717) is 0 Å². The third-order valence-electron chi connectivity index (χ3n) is 4.99. The molecule has 4 N–H and O–H groups in total. The Morgan fingerprint density at radius 1 is 1.12 bits per heavy atom. The van der Waals surface area contributed by atoms with E-state index < -0.39 is 24.6 Å². The molecule has 0 aliphatic heterocycles. The molecule has 0 saturated heterocycles. The molecule has 0 bridgehead atoms. The molecular weight excluding hydrogens is 424 g/mol. The number of hydrogen-bond donors (Lipinski definition) is 2. The molecule has 0 aliphatic carbocycles. The summed E-state index contributed by atoms with van der Waals surface area (Å²) in [5.74, 6) is -1.68. The van der Waals surface area contributed by atoms with Gasteiger partial charge in [-0.15, -0.1) is 0 Å². The van der Waals surface area contributed by atoms with Gasteiger partial charge in [-0.2, -0.15) is 0 Å². The number of rotatable bonds is 8. The number of aliphatic carboxylic acids is 1. The van der Waals surface area contributed by atoms with E-state index >= 15 is 0 Å². The van der Waals surface area contributed by atoms with Crippen molar-refractivity contribution in [2.45, 2.75) is 44.9 Å². The predicted molar refractivity (Wildman–Crippen MR) is 117 cm³/mol. The summed E-state index contributed by atoms with van der Waals surface area (Å²) in [4.78, 5) is 10.6. The molecule has 0 spiro atoms. The number of benzene rings is 2. The molecule has 32 heavy (non-hydrogen) atoms. The quantitative estimate of drug-likeness (QED) is 0.448.